The Labute approximate surface area is 158 Å². The van der Waals surface area contributed by atoms with E-state index in [0.717, 1.165) is 43.6 Å². The Morgan fingerprint density at radius 1 is 1.35 bits per heavy atom. The molecule has 23 heavy (non-hydrogen) atoms. The van der Waals surface area contributed by atoms with Crippen molar-refractivity contribution in [2.75, 3.05) is 13.1 Å². The molecular weight excluding hydrogens is 421 g/mol. The summed E-state index contributed by atoms with van der Waals surface area (Å²) in [5.74, 6) is 2.69. The zero-order valence-electron chi connectivity index (χ0n) is 13.3. The van der Waals surface area contributed by atoms with Crippen LogP contribution < -0.4 is 10.6 Å². The number of rotatable bonds is 7. The number of hydrogen-bond acceptors (Lipinski definition) is 3. The van der Waals surface area contributed by atoms with Gasteiger partial charge in [-0.3, -0.25) is 4.99 Å². The standard InChI is InChI=1S/C17H23N3OS.HI/c1-13-12-16(13)20-17(18-8-6-14-4-2-10-21-14)19-9-7-15-5-3-11-22-15;/h2-5,10-11,13,16H,6-9,12H2,1H3,(H2,18,19,20);1H. The molecule has 2 atom stereocenters. The normalized spacial score (nSPS) is 20.0. The molecule has 6 heteroatoms. The number of thiophene rings is 1. The lowest BCUT2D eigenvalue weighted by molar-refractivity contribution is 0.506. The highest BCUT2D eigenvalue weighted by molar-refractivity contribution is 14.0. The van der Waals surface area contributed by atoms with Crippen molar-refractivity contribution < 1.29 is 4.42 Å². The van der Waals surface area contributed by atoms with Crippen LogP contribution in [0.2, 0.25) is 0 Å². The quantitative estimate of drug-likeness (QED) is 0.388. The van der Waals surface area contributed by atoms with Crippen LogP contribution in [0, 0.1) is 5.92 Å². The third-order valence-corrected chi connectivity index (χ3v) is 4.82. The highest BCUT2D eigenvalue weighted by atomic mass is 127. The lowest BCUT2D eigenvalue weighted by atomic mass is 10.3. The molecule has 0 amide bonds. The van der Waals surface area contributed by atoms with Crippen molar-refractivity contribution in [2.45, 2.75) is 32.2 Å². The maximum absolute atomic E-state index is 5.36. The summed E-state index contributed by atoms with van der Waals surface area (Å²) in [6, 6.07) is 8.77. The maximum Gasteiger partial charge on any atom is 0.191 e. The van der Waals surface area contributed by atoms with Crippen LogP contribution in [0.25, 0.3) is 0 Å². The lowest BCUT2D eigenvalue weighted by Crippen LogP contribution is -2.40. The number of hydrogen-bond donors (Lipinski definition) is 2. The highest BCUT2D eigenvalue weighted by Crippen LogP contribution is 2.28. The molecule has 0 radical (unpaired) electrons. The highest BCUT2D eigenvalue weighted by Gasteiger charge is 2.33. The summed E-state index contributed by atoms with van der Waals surface area (Å²) in [6.45, 7) is 3.92. The second kappa shape index (κ2) is 9.32. The van der Waals surface area contributed by atoms with Gasteiger partial charge in [0.1, 0.15) is 5.76 Å². The van der Waals surface area contributed by atoms with Gasteiger partial charge < -0.3 is 15.1 Å². The van der Waals surface area contributed by atoms with Gasteiger partial charge in [-0.2, -0.15) is 0 Å². The SMILES string of the molecule is CC1CC1NC(=NCCc1cccs1)NCCc1ccco1.I. The molecule has 0 spiro atoms. The van der Waals surface area contributed by atoms with E-state index < -0.39 is 0 Å². The number of furan rings is 1. The fourth-order valence-corrected chi connectivity index (χ4v) is 3.04. The molecule has 0 aromatic carbocycles. The monoisotopic (exact) mass is 445 g/mol. The van der Waals surface area contributed by atoms with Gasteiger partial charge >= 0.3 is 0 Å². The van der Waals surface area contributed by atoms with E-state index in [1.807, 2.05) is 12.1 Å². The average molecular weight is 445 g/mol. The summed E-state index contributed by atoms with van der Waals surface area (Å²) in [6.07, 6.45) is 4.83. The second-order valence-corrected chi connectivity index (χ2v) is 6.81. The first kappa shape index (κ1) is 18.3. The fraction of sp³-hybridized carbons (Fsp3) is 0.471. The molecule has 126 valence electrons. The van der Waals surface area contributed by atoms with Crippen LogP contribution in [0.4, 0.5) is 0 Å². The molecule has 2 unspecified atom stereocenters. The summed E-state index contributed by atoms with van der Waals surface area (Å²) < 4.78 is 5.36. The molecule has 1 saturated carbocycles. The summed E-state index contributed by atoms with van der Waals surface area (Å²) in [4.78, 5) is 6.09. The molecule has 1 aliphatic carbocycles. The van der Waals surface area contributed by atoms with Crippen LogP contribution in [-0.4, -0.2) is 25.1 Å². The van der Waals surface area contributed by atoms with Gasteiger partial charge in [-0.1, -0.05) is 13.0 Å². The predicted molar refractivity (Wildman–Crippen MR) is 107 cm³/mol. The molecule has 1 aliphatic rings. The zero-order valence-corrected chi connectivity index (χ0v) is 16.5. The van der Waals surface area contributed by atoms with Crippen LogP contribution in [0.5, 0.6) is 0 Å². The smallest absolute Gasteiger partial charge is 0.191 e. The van der Waals surface area contributed by atoms with Crippen LogP contribution in [0.3, 0.4) is 0 Å². The number of nitrogens with zero attached hydrogens (tertiary/aromatic N) is 1. The van der Waals surface area contributed by atoms with Crippen molar-refractivity contribution in [3.05, 3.63) is 46.5 Å². The third-order valence-electron chi connectivity index (χ3n) is 3.88. The first-order valence-electron chi connectivity index (χ1n) is 7.91. The lowest BCUT2D eigenvalue weighted by Gasteiger charge is -2.11. The Morgan fingerprint density at radius 2 is 2.22 bits per heavy atom. The average Bonchev–Trinajstić information content (AvgIpc) is 2.96. The van der Waals surface area contributed by atoms with Crippen molar-refractivity contribution in [2.24, 2.45) is 10.9 Å². The molecule has 2 aromatic heterocycles. The summed E-state index contributed by atoms with van der Waals surface area (Å²) in [7, 11) is 0. The summed E-state index contributed by atoms with van der Waals surface area (Å²) >= 11 is 1.79. The van der Waals surface area contributed by atoms with Crippen molar-refractivity contribution in [1.29, 1.82) is 0 Å². The predicted octanol–water partition coefficient (Wildman–Crippen LogP) is 3.69. The van der Waals surface area contributed by atoms with E-state index in [1.165, 1.54) is 11.3 Å². The first-order chi connectivity index (χ1) is 10.8. The van der Waals surface area contributed by atoms with Gasteiger partial charge in [-0.25, -0.2) is 0 Å². The largest absolute Gasteiger partial charge is 0.469 e. The zero-order chi connectivity index (χ0) is 15.2. The summed E-state index contributed by atoms with van der Waals surface area (Å²) in [5, 5.41) is 9.04. The van der Waals surface area contributed by atoms with Crippen LogP contribution >= 0.6 is 35.3 Å². The third kappa shape index (κ3) is 6.18. The van der Waals surface area contributed by atoms with Gasteiger partial charge in [0.15, 0.2) is 5.96 Å². The Morgan fingerprint density at radius 3 is 2.87 bits per heavy atom. The molecule has 0 aliphatic heterocycles. The number of nitrogens with one attached hydrogen (secondary N) is 2. The van der Waals surface area contributed by atoms with Crippen LogP contribution in [0.15, 0.2) is 45.3 Å². The van der Waals surface area contributed by atoms with Gasteiger partial charge in [-0.15, -0.1) is 35.3 Å². The summed E-state index contributed by atoms with van der Waals surface area (Å²) in [5.41, 5.74) is 0. The molecule has 2 heterocycles. The van der Waals surface area contributed by atoms with Gasteiger partial charge in [0, 0.05) is 36.9 Å². The molecule has 0 bridgehead atoms. The Kier molecular flexibility index (Phi) is 7.42. The van der Waals surface area contributed by atoms with E-state index in [2.05, 4.69) is 35.1 Å². The molecule has 4 nitrogen and oxygen atoms in total. The minimum absolute atomic E-state index is 0. The van der Waals surface area contributed by atoms with Crippen molar-refractivity contribution in [1.82, 2.24) is 10.6 Å². The van der Waals surface area contributed by atoms with Crippen molar-refractivity contribution in [3.8, 4) is 0 Å². The first-order valence-corrected chi connectivity index (χ1v) is 8.79. The maximum atomic E-state index is 5.36. The Bertz CT molecular complexity index is 583. The van der Waals surface area contributed by atoms with Gasteiger partial charge in [-0.05, 0) is 35.9 Å². The number of aliphatic imine (C=N–C) groups is 1. The second-order valence-electron chi connectivity index (χ2n) is 5.78. The minimum Gasteiger partial charge on any atom is -0.469 e. The fourth-order valence-electron chi connectivity index (χ4n) is 2.34. The van der Waals surface area contributed by atoms with E-state index in [9.17, 15) is 0 Å². The van der Waals surface area contributed by atoms with Gasteiger partial charge in [0.05, 0.1) is 6.26 Å². The minimum atomic E-state index is 0. The van der Waals surface area contributed by atoms with E-state index in [4.69, 9.17) is 9.41 Å². The van der Waals surface area contributed by atoms with E-state index >= 15 is 0 Å². The van der Waals surface area contributed by atoms with E-state index in [1.54, 1.807) is 17.6 Å². The van der Waals surface area contributed by atoms with Crippen LogP contribution in [0.1, 0.15) is 24.0 Å². The van der Waals surface area contributed by atoms with E-state index in [-0.39, 0.29) is 24.0 Å². The number of halogens is 1. The molecular formula is C17H24IN3OS. The molecule has 2 aromatic rings. The van der Waals surface area contributed by atoms with Crippen molar-refractivity contribution >= 4 is 41.3 Å². The molecule has 0 saturated heterocycles. The topological polar surface area (TPSA) is 49.6 Å². The number of guanidine groups is 1. The van der Waals surface area contributed by atoms with Gasteiger partial charge in [0.25, 0.3) is 0 Å². The van der Waals surface area contributed by atoms with Crippen molar-refractivity contribution in [3.63, 3.8) is 0 Å². The van der Waals surface area contributed by atoms with Crippen LogP contribution in [-0.2, 0) is 12.8 Å². The van der Waals surface area contributed by atoms with Gasteiger partial charge in [0.2, 0.25) is 0 Å². The molecule has 1 fully saturated rings. The van der Waals surface area contributed by atoms with E-state index in [0.29, 0.717) is 6.04 Å². The Hall–Kier alpha value is -1.02. The molecule has 2 N–H and O–H groups in total. The molecule has 3 rings (SSSR count). The Balaban J connectivity index is 0.00000192.